The van der Waals surface area contributed by atoms with Gasteiger partial charge in [-0.3, -0.25) is 4.79 Å². The molecule has 1 aromatic rings. The normalized spacial score (nSPS) is 19.1. The summed E-state index contributed by atoms with van der Waals surface area (Å²) in [6, 6.07) is 1.45. The summed E-state index contributed by atoms with van der Waals surface area (Å²) in [5.74, 6) is -1.21. The third-order valence-corrected chi connectivity index (χ3v) is 3.27. The molecule has 2 rings (SSSR count). The molecule has 0 bridgehead atoms. The molecule has 0 saturated carbocycles. The Morgan fingerprint density at radius 3 is 2.84 bits per heavy atom. The Kier molecular flexibility index (Phi) is 3.90. The predicted molar refractivity (Wildman–Crippen MR) is 68.3 cm³/mol. The van der Waals surface area contributed by atoms with Gasteiger partial charge in [-0.25, -0.2) is 4.79 Å². The Bertz CT molecular complexity index is 481. The molecule has 1 N–H and O–H groups in total. The second-order valence-electron chi connectivity index (χ2n) is 5.06. The van der Waals surface area contributed by atoms with E-state index < -0.39 is 5.97 Å². The van der Waals surface area contributed by atoms with Gasteiger partial charge in [-0.05, 0) is 26.9 Å². The summed E-state index contributed by atoms with van der Waals surface area (Å²) in [5.41, 5.74) is 0.00621. The van der Waals surface area contributed by atoms with Crippen molar-refractivity contribution in [2.24, 2.45) is 0 Å². The lowest BCUT2D eigenvalue weighted by molar-refractivity contribution is 0.0679. The number of likely N-dealkylation sites (N-methyl/N-ethyl adjacent to an activating group) is 1. The van der Waals surface area contributed by atoms with Gasteiger partial charge in [0.25, 0.3) is 5.91 Å². The highest BCUT2D eigenvalue weighted by molar-refractivity contribution is 5.95. The van der Waals surface area contributed by atoms with Crippen molar-refractivity contribution in [2.45, 2.75) is 18.9 Å². The zero-order valence-corrected chi connectivity index (χ0v) is 11.1. The molecule has 0 aromatic carbocycles. The fraction of sp³-hybridized carbons (Fsp3) is 0.538. The second kappa shape index (κ2) is 5.44. The van der Waals surface area contributed by atoms with Crippen molar-refractivity contribution in [1.29, 1.82) is 0 Å². The van der Waals surface area contributed by atoms with Gasteiger partial charge in [-0.2, -0.15) is 0 Å². The molecule has 0 aliphatic carbocycles. The Morgan fingerprint density at radius 1 is 1.53 bits per heavy atom. The van der Waals surface area contributed by atoms with Crippen molar-refractivity contribution < 1.29 is 19.1 Å². The highest BCUT2D eigenvalue weighted by atomic mass is 16.4. The lowest BCUT2D eigenvalue weighted by atomic mass is 10.2. The molecule has 1 fully saturated rings. The highest BCUT2D eigenvalue weighted by Gasteiger charge is 2.31. The van der Waals surface area contributed by atoms with Gasteiger partial charge in [0.05, 0.1) is 5.56 Å². The van der Waals surface area contributed by atoms with Gasteiger partial charge in [-0.1, -0.05) is 0 Å². The van der Waals surface area contributed by atoms with Crippen molar-refractivity contribution in [3.8, 4) is 0 Å². The number of hydrogen-bond donors (Lipinski definition) is 1. The molecule has 2 heterocycles. The first kappa shape index (κ1) is 13.6. The predicted octanol–water partition coefficient (Wildman–Crippen LogP) is 1.14. The molecule has 0 radical (unpaired) electrons. The Labute approximate surface area is 111 Å². The lowest BCUT2D eigenvalue weighted by Gasteiger charge is -2.26. The van der Waals surface area contributed by atoms with Gasteiger partial charge in [0.15, 0.2) is 5.76 Å². The van der Waals surface area contributed by atoms with Crippen molar-refractivity contribution >= 4 is 11.9 Å². The maximum absolute atomic E-state index is 12.3. The number of nitrogens with zero attached hydrogens (tertiary/aromatic N) is 2. The lowest BCUT2D eigenvalue weighted by Crippen LogP contribution is -2.41. The van der Waals surface area contributed by atoms with Gasteiger partial charge < -0.3 is 19.3 Å². The van der Waals surface area contributed by atoms with Crippen LogP contribution in [0.5, 0.6) is 0 Å². The van der Waals surface area contributed by atoms with E-state index in [0.29, 0.717) is 6.54 Å². The fourth-order valence-corrected chi connectivity index (χ4v) is 2.42. The molecule has 6 nitrogen and oxygen atoms in total. The molecule has 1 amide bonds. The first-order valence-electron chi connectivity index (χ1n) is 6.26. The van der Waals surface area contributed by atoms with Crippen LogP contribution in [0.15, 0.2) is 16.7 Å². The third-order valence-electron chi connectivity index (χ3n) is 3.27. The van der Waals surface area contributed by atoms with Crippen LogP contribution in [0.3, 0.4) is 0 Å². The first-order chi connectivity index (χ1) is 8.99. The Morgan fingerprint density at radius 2 is 2.26 bits per heavy atom. The van der Waals surface area contributed by atoms with Gasteiger partial charge >= 0.3 is 5.97 Å². The standard InChI is InChI=1S/C13H18N2O4/c1-14(2)7-10-4-3-5-15(10)12(16)11-6-9(8-19-11)13(17)18/h6,8,10H,3-5,7H2,1-2H3,(H,17,18). The minimum atomic E-state index is -1.09. The number of carboxylic acid groups (broad SMARTS) is 1. The minimum absolute atomic E-state index is 0.00621. The average Bonchev–Trinajstić information content (AvgIpc) is 2.95. The van der Waals surface area contributed by atoms with Gasteiger partial charge in [-0.15, -0.1) is 0 Å². The van der Waals surface area contributed by atoms with Crippen molar-refractivity contribution in [2.75, 3.05) is 27.2 Å². The van der Waals surface area contributed by atoms with E-state index in [-0.39, 0.29) is 23.3 Å². The van der Waals surface area contributed by atoms with Crippen LogP contribution in [0.2, 0.25) is 0 Å². The van der Waals surface area contributed by atoms with E-state index in [1.54, 1.807) is 4.90 Å². The van der Waals surface area contributed by atoms with Crippen LogP contribution in [0.25, 0.3) is 0 Å². The second-order valence-corrected chi connectivity index (χ2v) is 5.06. The molecule has 1 saturated heterocycles. The summed E-state index contributed by atoms with van der Waals surface area (Å²) in [5, 5.41) is 8.82. The van der Waals surface area contributed by atoms with Crippen molar-refractivity contribution in [1.82, 2.24) is 9.80 Å². The maximum atomic E-state index is 12.3. The quantitative estimate of drug-likeness (QED) is 0.884. The Hall–Kier alpha value is -1.82. The molecular formula is C13H18N2O4. The molecular weight excluding hydrogens is 248 g/mol. The van der Waals surface area contributed by atoms with Gasteiger partial charge in [0.1, 0.15) is 6.26 Å². The number of furan rings is 1. The summed E-state index contributed by atoms with van der Waals surface area (Å²) in [7, 11) is 3.94. The SMILES string of the molecule is CN(C)CC1CCCN1C(=O)c1cc(C(=O)O)co1. The van der Waals surface area contributed by atoms with Crippen molar-refractivity contribution in [3.63, 3.8) is 0 Å². The van der Waals surface area contributed by atoms with E-state index in [4.69, 9.17) is 9.52 Å². The number of aromatic carboxylic acids is 1. The van der Waals surface area contributed by atoms with E-state index in [2.05, 4.69) is 0 Å². The average molecular weight is 266 g/mol. The number of likely N-dealkylation sites (tertiary alicyclic amines) is 1. The molecule has 19 heavy (non-hydrogen) atoms. The third kappa shape index (κ3) is 2.96. The molecule has 1 atom stereocenters. The molecule has 6 heteroatoms. The van der Waals surface area contributed by atoms with E-state index in [1.165, 1.54) is 6.07 Å². The van der Waals surface area contributed by atoms with Crippen LogP contribution >= 0.6 is 0 Å². The summed E-state index contributed by atoms with van der Waals surface area (Å²) < 4.78 is 5.07. The molecule has 1 aliphatic rings. The largest absolute Gasteiger partial charge is 0.478 e. The molecule has 104 valence electrons. The smallest absolute Gasteiger partial charge is 0.338 e. The summed E-state index contributed by atoms with van der Waals surface area (Å²) in [4.78, 5) is 26.9. The Balaban J connectivity index is 2.11. The van der Waals surface area contributed by atoms with Crippen LogP contribution in [0.1, 0.15) is 33.8 Å². The van der Waals surface area contributed by atoms with E-state index >= 15 is 0 Å². The number of carbonyl (C=O) groups excluding carboxylic acids is 1. The number of hydrogen-bond acceptors (Lipinski definition) is 4. The minimum Gasteiger partial charge on any atom is -0.478 e. The highest BCUT2D eigenvalue weighted by Crippen LogP contribution is 2.21. The van der Waals surface area contributed by atoms with Crippen LogP contribution in [0, 0.1) is 0 Å². The van der Waals surface area contributed by atoms with Crippen LogP contribution in [-0.2, 0) is 0 Å². The zero-order chi connectivity index (χ0) is 14.0. The fourth-order valence-electron chi connectivity index (χ4n) is 2.42. The number of carbonyl (C=O) groups is 2. The van der Waals surface area contributed by atoms with Crippen LogP contribution in [-0.4, -0.2) is 60.0 Å². The maximum Gasteiger partial charge on any atom is 0.338 e. The monoisotopic (exact) mass is 266 g/mol. The first-order valence-corrected chi connectivity index (χ1v) is 6.26. The number of rotatable bonds is 4. The summed E-state index contributed by atoms with van der Waals surface area (Å²) in [6.07, 6.45) is 3.04. The van der Waals surface area contributed by atoms with E-state index in [0.717, 1.165) is 25.6 Å². The summed E-state index contributed by atoms with van der Waals surface area (Å²) in [6.45, 7) is 1.50. The van der Waals surface area contributed by atoms with Crippen molar-refractivity contribution in [3.05, 3.63) is 23.7 Å². The topological polar surface area (TPSA) is 74.0 Å². The number of amides is 1. The summed E-state index contributed by atoms with van der Waals surface area (Å²) >= 11 is 0. The molecule has 0 spiro atoms. The number of carboxylic acids is 1. The molecule has 1 aromatic heterocycles. The van der Waals surface area contributed by atoms with Crippen LogP contribution < -0.4 is 0 Å². The molecule has 1 unspecified atom stereocenters. The van der Waals surface area contributed by atoms with Crippen LogP contribution in [0.4, 0.5) is 0 Å². The van der Waals surface area contributed by atoms with Gasteiger partial charge in [0.2, 0.25) is 0 Å². The van der Waals surface area contributed by atoms with Gasteiger partial charge in [0, 0.05) is 25.2 Å². The molecule has 1 aliphatic heterocycles. The van der Waals surface area contributed by atoms with E-state index in [1.807, 2.05) is 19.0 Å². The van der Waals surface area contributed by atoms with E-state index in [9.17, 15) is 9.59 Å². The zero-order valence-electron chi connectivity index (χ0n) is 11.1.